The van der Waals surface area contributed by atoms with Gasteiger partial charge in [-0.25, -0.2) is 4.98 Å². The Balaban J connectivity index is 1.95. The van der Waals surface area contributed by atoms with Crippen LogP contribution >= 0.6 is 0 Å². The first-order valence-corrected chi connectivity index (χ1v) is 6.88. The summed E-state index contributed by atoms with van der Waals surface area (Å²) < 4.78 is 0. The lowest BCUT2D eigenvalue weighted by Gasteiger charge is -2.29. The van der Waals surface area contributed by atoms with E-state index in [1.165, 1.54) is 0 Å². The molecule has 3 aromatic rings. The van der Waals surface area contributed by atoms with Crippen LogP contribution < -0.4 is 5.32 Å². The van der Waals surface area contributed by atoms with Crippen molar-refractivity contribution in [2.45, 2.75) is 12.5 Å². The van der Waals surface area contributed by atoms with E-state index in [0.717, 1.165) is 16.6 Å². The molecule has 4 nitrogen and oxygen atoms in total. The van der Waals surface area contributed by atoms with Crippen molar-refractivity contribution in [3.8, 4) is 0 Å². The highest BCUT2D eigenvalue weighted by Crippen LogP contribution is 2.25. The molecular weight excluding hydrogens is 262 g/mol. The lowest BCUT2D eigenvalue weighted by molar-refractivity contribution is 0.223. The van der Waals surface area contributed by atoms with Crippen LogP contribution in [0.15, 0.2) is 60.8 Å². The lowest BCUT2D eigenvalue weighted by atomic mass is 9.93. The van der Waals surface area contributed by atoms with Gasteiger partial charge in [-0.3, -0.25) is 4.98 Å². The monoisotopic (exact) mass is 279 g/mol. The Morgan fingerprint density at radius 3 is 2.38 bits per heavy atom. The number of aliphatic hydroxyl groups is 1. The van der Waals surface area contributed by atoms with Gasteiger partial charge < -0.3 is 10.4 Å². The first-order valence-electron chi connectivity index (χ1n) is 6.88. The Morgan fingerprint density at radius 2 is 1.67 bits per heavy atom. The minimum atomic E-state index is -0.599. The number of aliphatic hydroxyl groups excluding tert-OH is 1. The Kier molecular flexibility index (Phi) is 3.54. The maximum absolute atomic E-state index is 9.80. The Morgan fingerprint density at radius 1 is 1.00 bits per heavy atom. The summed E-state index contributed by atoms with van der Waals surface area (Å²) in [5.74, 6) is 0.647. The van der Waals surface area contributed by atoms with Crippen LogP contribution in [0.4, 0.5) is 5.82 Å². The molecule has 106 valence electrons. The van der Waals surface area contributed by atoms with Crippen LogP contribution in [0.5, 0.6) is 0 Å². The molecular formula is C17H17N3O. The molecule has 4 heteroatoms. The summed E-state index contributed by atoms with van der Waals surface area (Å²) in [7, 11) is 0. The van der Waals surface area contributed by atoms with E-state index >= 15 is 0 Å². The number of nitrogens with zero attached hydrogens (tertiary/aromatic N) is 2. The van der Waals surface area contributed by atoms with E-state index in [9.17, 15) is 5.11 Å². The highest BCUT2D eigenvalue weighted by Gasteiger charge is 2.26. The lowest BCUT2D eigenvalue weighted by Crippen LogP contribution is -2.36. The van der Waals surface area contributed by atoms with Crippen molar-refractivity contribution in [1.29, 1.82) is 0 Å². The third kappa shape index (κ3) is 2.71. The van der Waals surface area contributed by atoms with Crippen molar-refractivity contribution in [3.63, 3.8) is 0 Å². The Bertz CT molecular complexity index is 745. The fraction of sp³-hybridized carbons (Fsp3) is 0.176. The topological polar surface area (TPSA) is 58.0 Å². The zero-order valence-corrected chi connectivity index (χ0v) is 11.8. The molecule has 1 unspecified atom stereocenters. The minimum Gasteiger partial charge on any atom is -0.394 e. The van der Waals surface area contributed by atoms with Gasteiger partial charge in [0.2, 0.25) is 0 Å². The van der Waals surface area contributed by atoms with Crippen LogP contribution in [-0.4, -0.2) is 21.7 Å². The Labute approximate surface area is 123 Å². The molecule has 21 heavy (non-hydrogen) atoms. The van der Waals surface area contributed by atoms with Gasteiger partial charge in [0.25, 0.3) is 0 Å². The molecule has 0 aliphatic rings. The predicted molar refractivity (Wildman–Crippen MR) is 84.0 cm³/mol. The molecule has 2 N–H and O–H groups in total. The van der Waals surface area contributed by atoms with E-state index in [4.69, 9.17) is 0 Å². The van der Waals surface area contributed by atoms with E-state index in [2.05, 4.69) is 15.3 Å². The number of hydrogen-bond donors (Lipinski definition) is 2. The van der Waals surface area contributed by atoms with Gasteiger partial charge in [0, 0.05) is 0 Å². The fourth-order valence-corrected chi connectivity index (χ4v) is 2.31. The molecule has 0 spiro atoms. The SMILES string of the molecule is CC(CO)(Nc1cnc2ccccc2n1)c1ccccc1. The van der Waals surface area contributed by atoms with Gasteiger partial charge in [-0.05, 0) is 24.6 Å². The fourth-order valence-electron chi connectivity index (χ4n) is 2.31. The highest BCUT2D eigenvalue weighted by atomic mass is 16.3. The average Bonchev–Trinajstić information content (AvgIpc) is 2.55. The predicted octanol–water partition coefficient (Wildman–Crippen LogP) is 2.95. The molecule has 1 heterocycles. The third-order valence-electron chi connectivity index (χ3n) is 3.58. The largest absolute Gasteiger partial charge is 0.394 e. The van der Waals surface area contributed by atoms with Gasteiger partial charge in [0.05, 0.1) is 29.4 Å². The van der Waals surface area contributed by atoms with Gasteiger partial charge in [-0.15, -0.1) is 0 Å². The first-order chi connectivity index (χ1) is 10.2. The quantitative estimate of drug-likeness (QED) is 0.771. The van der Waals surface area contributed by atoms with E-state index < -0.39 is 5.54 Å². The van der Waals surface area contributed by atoms with Crippen molar-refractivity contribution < 1.29 is 5.11 Å². The number of rotatable bonds is 4. The minimum absolute atomic E-state index is 0.0362. The second-order valence-corrected chi connectivity index (χ2v) is 5.23. The highest BCUT2D eigenvalue weighted by molar-refractivity contribution is 5.75. The molecule has 0 bridgehead atoms. The molecule has 0 amide bonds. The summed E-state index contributed by atoms with van der Waals surface area (Å²) >= 11 is 0. The molecule has 0 saturated carbocycles. The third-order valence-corrected chi connectivity index (χ3v) is 3.58. The molecule has 0 aliphatic heterocycles. The van der Waals surface area contributed by atoms with Crippen LogP contribution in [0, 0.1) is 0 Å². The molecule has 1 atom stereocenters. The summed E-state index contributed by atoms with van der Waals surface area (Å²) in [5.41, 5.74) is 2.09. The van der Waals surface area contributed by atoms with Gasteiger partial charge in [-0.1, -0.05) is 42.5 Å². The van der Waals surface area contributed by atoms with Crippen molar-refractivity contribution in [1.82, 2.24) is 9.97 Å². The summed E-state index contributed by atoms with van der Waals surface area (Å²) in [4.78, 5) is 8.94. The number of aromatic nitrogens is 2. The van der Waals surface area contributed by atoms with Crippen molar-refractivity contribution in [3.05, 3.63) is 66.4 Å². The molecule has 2 aromatic carbocycles. The van der Waals surface area contributed by atoms with Gasteiger partial charge in [0.1, 0.15) is 5.82 Å². The second kappa shape index (κ2) is 5.50. The van der Waals surface area contributed by atoms with E-state index in [1.54, 1.807) is 6.20 Å². The number of anilines is 1. The number of para-hydroxylation sites is 2. The summed E-state index contributed by atoms with van der Waals surface area (Å²) in [6.07, 6.45) is 1.69. The summed E-state index contributed by atoms with van der Waals surface area (Å²) in [6.45, 7) is 1.91. The number of benzene rings is 2. The molecule has 0 radical (unpaired) electrons. The van der Waals surface area contributed by atoms with Crippen molar-refractivity contribution in [2.75, 3.05) is 11.9 Å². The summed E-state index contributed by atoms with van der Waals surface area (Å²) in [5, 5.41) is 13.1. The van der Waals surface area contributed by atoms with Gasteiger partial charge in [0.15, 0.2) is 0 Å². The molecule has 0 aliphatic carbocycles. The normalized spacial score (nSPS) is 13.8. The van der Waals surface area contributed by atoms with Gasteiger partial charge >= 0.3 is 0 Å². The van der Waals surface area contributed by atoms with Crippen LogP contribution in [0.1, 0.15) is 12.5 Å². The second-order valence-electron chi connectivity index (χ2n) is 5.23. The van der Waals surface area contributed by atoms with Crippen molar-refractivity contribution >= 4 is 16.9 Å². The van der Waals surface area contributed by atoms with Crippen LogP contribution in [0.2, 0.25) is 0 Å². The number of hydrogen-bond acceptors (Lipinski definition) is 4. The van der Waals surface area contributed by atoms with Crippen LogP contribution in [0.25, 0.3) is 11.0 Å². The standard InChI is InChI=1S/C17H17N3O/c1-17(12-21,13-7-3-2-4-8-13)20-16-11-18-14-9-5-6-10-15(14)19-16/h2-11,21H,12H2,1H3,(H,19,20). The molecule has 0 saturated heterocycles. The smallest absolute Gasteiger partial charge is 0.146 e. The van der Waals surface area contributed by atoms with Crippen LogP contribution in [-0.2, 0) is 5.54 Å². The number of nitrogens with one attached hydrogen (secondary N) is 1. The van der Waals surface area contributed by atoms with E-state index in [-0.39, 0.29) is 6.61 Å². The average molecular weight is 279 g/mol. The number of fused-ring (bicyclic) bond motifs is 1. The molecule has 3 rings (SSSR count). The van der Waals surface area contributed by atoms with E-state index in [0.29, 0.717) is 5.82 Å². The molecule has 1 aromatic heterocycles. The maximum Gasteiger partial charge on any atom is 0.146 e. The summed E-state index contributed by atoms with van der Waals surface area (Å²) in [6, 6.07) is 17.6. The van der Waals surface area contributed by atoms with Crippen LogP contribution in [0.3, 0.4) is 0 Å². The van der Waals surface area contributed by atoms with E-state index in [1.807, 2.05) is 61.5 Å². The van der Waals surface area contributed by atoms with Gasteiger partial charge in [-0.2, -0.15) is 0 Å². The molecule has 0 fully saturated rings. The maximum atomic E-state index is 9.80. The van der Waals surface area contributed by atoms with Crippen molar-refractivity contribution in [2.24, 2.45) is 0 Å². The zero-order valence-electron chi connectivity index (χ0n) is 11.8. The first kappa shape index (κ1) is 13.5. The zero-order chi connectivity index (χ0) is 14.7. The Hall–Kier alpha value is -2.46.